The SMILES string of the molecule is CC.CC1C2CCCCC2NC2CCCCC21. The fourth-order valence-corrected chi connectivity index (χ4v) is 4.58. The average Bonchev–Trinajstić information content (AvgIpc) is 2.41. The van der Waals surface area contributed by atoms with Gasteiger partial charge < -0.3 is 5.32 Å². The van der Waals surface area contributed by atoms with Crippen molar-refractivity contribution in [1.82, 2.24) is 5.32 Å². The molecule has 17 heavy (non-hydrogen) atoms. The molecule has 1 N–H and O–H groups in total. The number of hydrogen-bond acceptors (Lipinski definition) is 1. The molecule has 0 spiro atoms. The van der Waals surface area contributed by atoms with E-state index in [2.05, 4.69) is 12.2 Å². The van der Waals surface area contributed by atoms with E-state index in [0.29, 0.717) is 0 Å². The summed E-state index contributed by atoms with van der Waals surface area (Å²) in [6, 6.07) is 1.76. The van der Waals surface area contributed by atoms with Crippen LogP contribution in [0.5, 0.6) is 0 Å². The molecule has 0 bridgehead atoms. The summed E-state index contributed by atoms with van der Waals surface area (Å²) in [7, 11) is 0. The molecule has 1 aliphatic heterocycles. The molecule has 1 heterocycles. The van der Waals surface area contributed by atoms with Gasteiger partial charge in [0.1, 0.15) is 0 Å². The summed E-state index contributed by atoms with van der Waals surface area (Å²) >= 11 is 0. The second kappa shape index (κ2) is 6.22. The molecule has 3 aliphatic rings. The van der Waals surface area contributed by atoms with E-state index in [1.165, 1.54) is 51.4 Å². The smallest absolute Gasteiger partial charge is 0.0101 e. The molecule has 4 unspecified atom stereocenters. The second-order valence-corrected chi connectivity index (χ2v) is 6.14. The van der Waals surface area contributed by atoms with E-state index in [0.717, 1.165) is 29.8 Å². The van der Waals surface area contributed by atoms with Gasteiger partial charge in [0, 0.05) is 12.1 Å². The van der Waals surface area contributed by atoms with Gasteiger partial charge in [-0.25, -0.2) is 0 Å². The maximum absolute atomic E-state index is 3.99. The van der Waals surface area contributed by atoms with Crippen LogP contribution in [0, 0.1) is 17.8 Å². The average molecular weight is 237 g/mol. The van der Waals surface area contributed by atoms with Crippen LogP contribution in [-0.2, 0) is 0 Å². The molecule has 0 radical (unpaired) electrons. The number of rotatable bonds is 0. The molecule has 0 aromatic rings. The van der Waals surface area contributed by atoms with Crippen molar-refractivity contribution in [2.24, 2.45) is 17.8 Å². The van der Waals surface area contributed by atoms with Gasteiger partial charge in [0.15, 0.2) is 0 Å². The van der Waals surface area contributed by atoms with Crippen molar-refractivity contribution in [1.29, 1.82) is 0 Å². The van der Waals surface area contributed by atoms with Gasteiger partial charge in [0.2, 0.25) is 0 Å². The van der Waals surface area contributed by atoms with Crippen LogP contribution in [0.1, 0.15) is 72.1 Å². The summed E-state index contributed by atoms with van der Waals surface area (Å²) in [5.74, 6) is 3.03. The highest BCUT2D eigenvalue weighted by molar-refractivity contribution is 4.98. The van der Waals surface area contributed by atoms with Gasteiger partial charge in [-0.3, -0.25) is 0 Å². The number of hydrogen-bond donors (Lipinski definition) is 1. The minimum absolute atomic E-state index is 0.882. The molecule has 4 atom stereocenters. The monoisotopic (exact) mass is 237 g/mol. The molecule has 1 saturated heterocycles. The Kier molecular flexibility index (Phi) is 4.90. The van der Waals surface area contributed by atoms with Crippen LogP contribution < -0.4 is 5.32 Å². The van der Waals surface area contributed by atoms with Crippen LogP contribution in [0.25, 0.3) is 0 Å². The zero-order valence-electron chi connectivity index (χ0n) is 12.0. The van der Waals surface area contributed by atoms with Gasteiger partial charge in [-0.15, -0.1) is 0 Å². The molecule has 2 aliphatic carbocycles. The Labute approximate surface area is 108 Å². The van der Waals surface area contributed by atoms with E-state index in [-0.39, 0.29) is 0 Å². The van der Waals surface area contributed by atoms with Gasteiger partial charge in [0.25, 0.3) is 0 Å². The van der Waals surface area contributed by atoms with Gasteiger partial charge in [-0.2, -0.15) is 0 Å². The lowest BCUT2D eigenvalue weighted by molar-refractivity contribution is 0.0375. The van der Waals surface area contributed by atoms with E-state index in [1.54, 1.807) is 0 Å². The zero-order chi connectivity index (χ0) is 12.3. The summed E-state index contributed by atoms with van der Waals surface area (Å²) in [4.78, 5) is 0. The van der Waals surface area contributed by atoms with Crippen LogP contribution in [-0.4, -0.2) is 12.1 Å². The lowest BCUT2D eigenvalue weighted by Gasteiger charge is -2.51. The Morgan fingerprint density at radius 2 is 1.12 bits per heavy atom. The third-order valence-electron chi connectivity index (χ3n) is 5.42. The highest BCUT2D eigenvalue weighted by Gasteiger charge is 2.43. The van der Waals surface area contributed by atoms with Crippen molar-refractivity contribution in [3.8, 4) is 0 Å². The van der Waals surface area contributed by atoms with E-state index in [9.17, 15) is 0 Å². The molecule has 0 aromatic carbocycles. The van der Waals surface area contributed by atoms with E-state index in [4.69, 9.17) is 0 Å². The highest BCUT2D eigenvalue weighted by atomic mass is 15.0. The number of nitrogens with one attached hydrogen (secondary N) is 1. The molecule has 0 aromatic heterocycles. The van der Waals surface area contributed by atoms with Crippen LogP contribution in [0.4, 0.5) is 0 Å². The lowest BCUT2D eigenvalue weighted by Crippen LogP contribution is -2.57. The minimum Gasteiger partial charge on any atom is -0.311 e. The van der Waals surface area contributed by atoms with Gasteiger partial charge in [0.05, 0.1) is 0 Å². The van der Waals surface area contributed by atoms with Gasteiger partial charge in [-0.1, -0.05) is 46.5 Å². The second-order valence-electron chi connectivity index (χ2n) is 6.14. The summed E-state index contributed by atoms with van der Waals surface area (Å²) in [5.41, 5.74) is 0. The normalized spacial score (nSPS) is 45.0. The quantitative estimate of drug-likeness (QED) is 0.659. The lowest BCUT2D eigenvalue weighted by atomic mass is 9.63. The van der Waals surface area contributed by atoms with Crippen LogP contribution in [0.2, 0.25) is 0 Å². The molecule has 1 heteroatoms. The van der Waals surface area contributed by atoms with Crippen LogP contribution in [0.15, 0.2) is 0 Å². The van der Waals surface area contributed by atoms with Crippen molar-refractivity contribution in [3.05, 3.63) is 0 Å². The number of fused-ring (bicyclic) bond motifs is 2. The summed E-state index contributed by atoms with van der Waals surface area (Å²) in [6.45, 7) is 6.55. The summed E-state index contributed by atoms with van der Waals surface area (Å²) < 4.78 is 0. The first-order valence-corrected chi connectivity index (χ1v) is 8.12. The third-order valence-corrected chi connectivity index (χ3v) is 5.42. The molecule has 2 saturated carbocycles. The van der Waals surface area contributed by atoms with Crippen molar-refractivity contribution in [3.63, 3.8) is 0 Å². The van der Waals surface area contributed by atoms with Crippen molar-refractivity contribution < 1.29 is 0 Å². The molecule has 3 fully saturated rings. The fourth-order valence-electron chi connectivity index (χ4n) is 4.58. The van der Waals surface area contributed by atoms with Gasteiger partial charge >= 0.3 is 0 Å². The standard InChI is InChI=1S/C14H25N.C2H6/c1-10-11-6-2-4-8-13(11)15-14-9-5-3-7-12(10)14;1-2/h10-15H,2-9H2,1H3;1-2H3. The Hall–Kier alpha value is -0.0400. The van der Waals surface area contributed by atoms with E-state index < -0.39 is 0 Å². The topological polar surface area (TPSA) is 12.0 Å². The summed E-state index contributed by atoms with van der Waals surface area (Å²) in [6.07, 6.45) is 11.8. The Balaban J connectivity index is 0.000000514. The molecule has 3 rings (SSSR count). The van der Waals surface area contributed by atoms with Crippen molar-refractivity contribution in [2.45, 2.75) is 84.2 Å². The van der Waals surface area contributed by atoms with E-state index >= 15 is 0 Å². The molecule has 1 nitrogen and oxygen atoms in total. The predicted octanol–water partition coefficient (Wildman–Crippen LogP) is 4.37. The maximum atomic E-state index is 3.99. The third kappa shape index (κ3) is 2.70. The Bertz CT molecular complexity index is 204. The predicted molar refractivity (Wildman–Crippen MR) is 75.1 cm³/mol. The first-order chi connectivity index (χ1) is 8.36. The Morgan fingerprint density at radius 3 is 1.59 bits per heavy atom. The van der Waals surface area contributed by atoms with Gasteiger partial charge in [-0.05, 0) is 43.4 Å². The molecular weight excluding hydrogens is 206 g/mol. The maximum Gasteiger partial charge on any atom is 0.0101 e. The largest absolute Gasteiger partial charge is 0.311 e. The molecule has 0 amide bonds. The first kappa shape index (κ1) is 13.4. The number of piperidine rings is 1. The molecular formula is C16H31N. The highest BCUT2D eigenvalue weighted by Crippen LogP contribution is 2.43. The fraction of sp³-hybridized carbons (Fsp3) is 1.00. The van der Waals surface area contributed by atoms with E-state index in [1.807, 2.05) is 13.8 Å². The van der Waals surface area contributed by atoms with Crippen molar-refractivity contribution >= 4 is 0 Å². The van der Waals surface area contributed by atoms with Crippen LogP contribution in [0.3, 0.4) is 0 Å². The van der Waals surface area contributed by atoms with Crippen LogP contribution >= 0.6 is 0 Å². The zero-order valence-corrected chi connectivity index (χ0v) is 12.0. The minimum atomic E-state index is 0.882. The van der Waals surface area contributed by atoms with Crippen molar-refractivity contribution in [2.75, 3.05) is 0 Å². The molecule has 100 valence electrons. The Morgan fingerprint density at radius 1 is 0.706 bits per heavy atom. The first-order valence-electron chi connectivity index (χ1n) is 8.12. The summed E-state index contributed by atoms with van der Waals surface area (Å²) in [5, 5.41) is 3.99.